The number of hydrogen-bond donors (Lipinski definition) is 0. The molecular weight excluding hydrogens is 267 g/mol. The second-order valence-electron chi connectivity index (χ2n) is 5.12. The Hall–Kier alpha value is -1.73. The van der Waals surface area contributed by atoms with Gasteiger partial charge in [0.05, 0.1) is 18.1 Å². The van der Waals surface area contributed by atoms with Crippen LogP contribution in [0.3, 0.4) is 0 Å². The van der Waals surface area contributed by atoms with Gasteiger partial charge in [0.25, 0.3) is 0 Å². The molecular formula is C13H15FN2O4. The number of rotatable bonds is 2. The third-order valence-corrected chi connectivity index (χ3v) is 3.80. The van der Waals surface area contributed by atoms with E-state index in [4.69, 9.17) is 9.47 Å². The summed E-state index contributed by atoms with van der Waals surface area (Å²) in [5, 5.41) is 11.1. The standard InChI is InChI=1S/C13H15FN2O4/c14-10-2-1-3-11(12(10)16(17)18)15-5-7-20-13(8-15)4-6-19-9-13/h1-3H,4-9H2. The van der Waals surface area contributed by atoms with E-state index in [0.29, 0.717) is 38.6 Å². The zero-order valence-electron chi connectivity index (χ0n) is 10.9. The maximum Gasteiger partial charge on any atom is 0.327 e. The van der Waals surface area contributed by atoms with Gasteiger partial charge in [-0.15, -0.1) is 0 Å². The van der Waals surface area contributed by atoms with Gasteiger partial charge in [0, 0.05) is 26.1 Å². The van der Waals surface area contributed by atoms with E-state index in [-0.39, 0.29) is 0 Å². The van der Waals surface area contributed by atoms with Crippen molar-refractivity contribution in [1.82, 2.24) is 0 Å². The Bertz CT molecular complexity index is 531. The van der Waals surface area contributed by atoms with E-state index in [1.807, 2.05) is 4.90 Å². The van der Waals surface area contributed by atoms with Gasteiger partial charge in [-0.3, -0.25) is 10.1 Å². The molecule has 3 rings (SSSR count). The number of anilines is 1. The van der Waals surface area contributed by atoms with Gasteiger partial charge in [-0.05, 0) is 12.1 Å². The SMILES string of the molecule is O=[N+]([O-])c1c(F)cccc1N1CCOC2(CCOC2)C1. The molecule has 2 heterocycles. The van der Waals surface area contributed by atoms with Crippen LogP contribution in [0.2, 0.25) is 0 Å². The molecule has 7 heteroatoms. The smallest absolute Gasteiger partial charge is 0.327 e. The lowest BCUT2D eigenvalue weighted by Gasteiger charge is -2.40. The van der Waals surface area contributed by atoms with E-state index in [2.05, 4.69) is 0 Å². The summed E-state index contributed by atoms with van der Waals surface area (Å²) in [5.74, 6) is -0.810. The summed E-state index contributed by atoms with van der Waals surface area (Å²) in [6, 6.07) is 4.18. The van der Waals surface area contributed by atoms with Gasteiger partial charge >= 0.3 is 5.69 Å². The minimum absolute atomic E-state index is 0.310. The van der Waals surface area contributed by atoms with Gasteiger partial charge in [0.2, 0.25) is 5.82 Å². The predicted octanol–water partition coefficient (Wildman–Crippen LogP) is 1.73. The minimum Gasteiger partial charge on any atom is -0.378 e. The molecule has 2 saturated heterocycles. The van der Waals surface area contributed by atoms with Crippen LogP contribution < -0.4 is 4.90 Å². The van der Waals surface area contributed by atoms with Gasteiger partial charge in [0.1, 0.15) is 11.3 Å². The van der Waals surface area contributed by atoms with Crippen molar-refractivity contribution in [3.8, 4) is 0 Å². The fourth-order valence-electron chi connectivity index (χ4n) is 2.82. The first-order valence-electron chi connectivity index (χ1n) is 6.51. The van der Waals surface area contributed by atoms with E-state index < -0.39 is 22.0 Å². The number of benzene rings is 1. The van der Waals surface area contributed by atoms with Crippen LogP contribution in [0.25, 0.3) is 0 Å². The van der Waals surface area contributed by atoms with Crippen molar-refractivity contribution >= 4 is 11.4 Å². The highest BCUT2D eigenvalue weighted by molar-refractivity contribution is 5.64. The molecule has 0 aliphatic carbocycles. The molecule has 1 aromatic rings. The highest BCUT2D eigenvalue weighted by Crippen LogP contribution is 2.35. The molecule has 1 spiro atoms. The van der Waals surface area contributed by atoms with Crippen LogP contribution in [0, 0.1) is 15.9 Å². The van der Waals surface area contributed by atoms with Crippen LogP contribution in [-0.4, -0.2) is 43.4 Å². The lowest BCUT2D eigenvalue weighted by atomic mass is 10.00. The molecule has 1 atom stereocenters. The summed E-state index contributed by atoms with van der Waals surface area (Å²) in [4.78, 5) is 12.2. The van der Waals surface area contributed by atoms with Crippen molar-refractivity contribution in [2.24, 2.45) is 0 Å². The number of hydrogen-bond acceptors (Lipinski definition) is 5. The molecule has 2 aliphatic heterocycles. The van der Waals surface area contributed by atoms with Gasteiger partial charge in [-0.1, -0.05) is 6.07 Å². The molecule has 20 heavy (non-hydrogen) atoms. The molecule has 0 amide bonds. The van der Waals surface area contributed by atoms with Gasteiger partial charge in [0.15, 0.2) is 0 Å². The Morgan fingerprint density at radius 1 is 1.40 bits per heavy atom. The maximum atomic E-state index is 13.7. The Balaban J connectivity index is 1.93. The summed E-state index contributed by atoms with van der Waals surface area (Å²) in [6.07, 6.45) is 0.757. The van der Waals surface area contributed by atoms with Crippen molar-refractivity contribution in [2.75, 3.05) is 37.8 Å². The molecule has 2 aliphatic rings. The molecule has 0 saturated carbocycles. The number of halogens is 1. The Labute approximate surface area is 115 Å². The lowest BCUT2D eigenvalue weighted by molar-refractivity contribution is -0.386. The van der Waals surface area contributed by atoms with Crippen molar-refractivity contribution in [2.45, 2.75) is 12.0 Å². The number of para-hydroxylation sites is 1. The van der Waals surface area contributed by atoms with E-state index in [0.717, 1.165) is 12.5 Å². The second kappa shape index (κ2) is 4.99. The fraction of sp³-hybridized carbons (Fsp3) is 0.538. The molecule has 6 nitrogen and oxygen atoms in total. The first-order valence-corrected chi connectivity index (χ1v) is 6.51. The number of morpholine rings is 1. The summed E-state index contributed by atoms with van der Waals surface area (Å²) >= 11 is 0. The number of nitro groups is 1. The van der Waals surface area contributed by atoms with Crippen LogP contribution in [0.4, 0.5) is 15.8 Å². The van der Waals surface area contributed by atoms with E-state index in [1.165, 1.54) is 6.07 Å². The highest BCUT2D eigenvalue weighted by Gasteiger charge is 2.41. The van der Waals surface area contributed by atoms with E-state index >= 15 is 0 Å². The quantitative estimate of drug-likeness (QED) is 0.610. The van der Waals surface area contributed by atoms with Gasteiger partial charge < -0.3 is 14.4 Å². The zero-order valence-corrected chi connectivity index (χ0v) is 10.9. The average molecular weight is 282 g/mol. The molecule has 1 aromatic carbocycles. The molecule has 108 valence electrons. The topological polar surface area (TPSA) is 64.8 Å². The number of nitrogens with zero attached hydrogens (tertiary/aromatic N) is 2. The van der Waals surface area contributed by atoms with Gasteiger partial charge in [-0.25, -0.2) is 0 Å². The second-order valence-corrected chi connectivity index (χ2v) is 5.12. The molecule has 2 fully saturated rings. The Morgan fingerprint density at radius 3 is 2.95 bits per heavy atom. The summed E-state index contributed by atoms with van der Waals surface area (Å²) < 4.78 is 24.8. The van der Waals surface area contributed by atoms with Crippen LogP contribution >= 0.6 is 0 Å². The molecule has 0 N–H and O–H groups in total. The monoisotopic (exact) mass is 282 g/mol. The highest BCUT2D eigenvalue weighted by atomic mass is 19.1. The first kappa shape index (κ1) is 13.3. The predicted molar refractivity (Wildman–Crippen MR) is 69.4 cm³/mol. The van der Waals surface area contributed by atoms with Crippen molar-refractivity contribution in [1.29, 1.82) is 0 Å². The van der Waals surface area contributed by atoms with E-state index in [9.17, 15) is 14.5 Å². The Morgan fingerprint density at radius 2 is 2.25 bits per heavy atom. The van der Waals surface area contributed by atoms with Crippen LogP contribution in [0.5, 0.6) is 0 Å². The molecule has 0 aromatic heterocycles. The Kier molecular flexibility index (Phi) is 3.31. The summed E-state index contributed by atoms with van der Waals surface area (Å²) in [6.45, 7) is 2.55. The average Bonchev–Trinajstić information content (AvgIpc) is 2.86. The van der Waals surface area contributed by atoms with Gasteiger partial charge in [-0.2, -0.15) is 4.39 Å². The van der Waals surface area contributed by atoms with E-state index in [1.54, 1.807) is 6.07 Å². The summed E-state index contributed by atoms with van der Waals surface area (Å²) in [7, 11) is 0. The normalized spacial score (nSPS) is 26.1. The maximum absolute atomic E-state index is 13.7. The van der Waals surface area contributed by atoms with Crippen molar-refractivity contribution in [3.05, 3.63) is 34.1 Å². The third-order valence-electron chi connectivity index (χ3n) is 3.80. The molecule has 0 bridgehead atoms. The van der Waals surface area contributed by atoms with Crippen molar-refractivity contribution in [3.63, 3.8) is 0 Å². The lowest BCUT2D eigenvalue weighted by Crippen LogP contribution is -2.52. The summed E-state index contributed by atoms with van der Waals surface area (Å²) in [5.41, 5.74) is -0.577. The largest absolute Gasteiger partial charge is 0.378 e. The first-order chi connectivity index (χ1) is 9.61. The number of nitro benzene ring substituents is 1. The minimum atomic E-state index is -0.810. The molecule has 0 radical (unpaired) electrons. The molecule has 1 unspecified atom stereocenters. The van der Waals surface area contributed by atoms with Crippen LogP contribution in [-0.2, 0) is 9.47 Å². The van der Waals surface area contributed by atoms with Crippen LogP contribution in [0.1, 0.15) is 6.42 Å². The third kappa shape index (κ3) is 2.23. The zero-order chi connectivity index (χ0) is 14.2. The van der Waals surface area contributed by atoms with Crippen molar-refractivity contribution < 1.29 is 18.8 Å². The van der Waals surface area contributed by atoms with Crippen LogP contribution in [0.15, 0.2) is 18.2 Å². The number of ether oxygens (including phenoxy) is 2. The fourth-order valence-corrected chi connectivity index (χ4v) is 2.82.